The van der Waals surface area contributed by atoms with E-state index in [4.69, 9.17) is 26.6 Å². The number of likely N-dealkylation sites (N-methyl/N-ethyl adjacent to an activating group) is 1. The van der Waals surface area contributed by atoms with Gasteiger partial charge in [0.2, 0.25) is 17.8 Å². The molecule has 222 valence electrons. The topological polar surface area (TPSA) is 72.9 Å². The third-order valence-electron chi connectivity index (χ3n) is 9.98. The lowest BCUT2D eigenvalue weighted by molar-refractivity contribution is -0.0964. The molecule has 4 aliphatic carbocycles. The predicted molar refractivity (Wildman–Crippen MR) is 155 cm³/mol. The summed E-state index contributed by atoms with van der Waals surface area (Å²) in [5.74, 6) is 4.57. The first-order chi connectivity index (χ1) is 19.7. The quantitative estimate of drug-likeness (QED) is 0.466. The molecule has 0 spiro atoms. The molecule has 8 rings (SSSR count). The number of aromatic nitrogens is 3. The second kappa shape index (κ2) is 10.6. The first kappa shape index (κ1) is 27.3. The monoisotopic (exact) mass is 588 g/mol. The fourth-order valence-corrected chi connectivity index (χ4v) is 8.49. The molecule has 6 fully saturated rings. The summed E-state index contributed by atoms with van der Waals surface area (Å²) in [7, 11) is 2.12. The summed E-state index contributed by atoms with van der Waals surface area (Å²) < 4.78 is 30.5. The van der Waals surface area contributed by atoms with Crippen molar-refractivity contribution in [3.8, 4) is 5.75 Å². The van der Waals surface area contributed by atoms with E-state index in [1.165, 1.54) is 50.7 Å². The largest absolute Gasteiger partial charge is 0.487 e. The number of hydrogen-bond donors (Lipinski definition) is 1. The molecule has 6 aliphatic rings. The zero-order valence-corrected chi connectivity index (χ0v) is 24.4. The van der Waals surface area contributed by atoms with Gasteiger partial charge in [0.1, 0.15) is 5.75 Å². The minimum atomic E-state index is -3.75. The summed E-state index contributed by atoms with van der Waals surface area (Å²) in [5, 5.41) is 3.25. The standard InChI is InChI=1S/C29H39ClF2N8O/c1-37-6-8-38(9-7-37)26-34-25(33-23-2-4-24(5-3-23)41-29(30,31)32)35-27(36-26)39-10-12-40(13-11-39)28-17-20-14-21(18-28)16-22(15-20)19-28/h2-5,20-22H,6-19H2,1H3,(H,33,34,35,36). The third-order valence-corrected chi connectivity index (χ3v) is 10.1. The van der Waals surface area contributed by atoms with Crippen LogP contribution in [0, 0.1) is 17.8 Å². The molecule has 1 N–H and O–H groups in total. The Kier molecular flexibility index (Phi) is 7.10. The normalized spacial score (nSPS) is 30.6. The van der Waals surface area contributed by atoms with Gasteiger partial charge in [-0.1, -0.05) is 0 Å². The van der Waals surface area contributed by atoms with Crippen LogP contribution in [-0.4, -0.2) is 95.3 Å². The Hall–Kier alpha value is -2.50. The maximum atomic E-state index is 13.0. The minimum absolute atomic E-state index is 0.0260. The molecule has 0 radical (unpaired) electrons. The summed E-state index contributed by atoms with van der Waals surface area (Å²) in [5.41, 5.74) is -2.68. The number of rotatable bonds is 7. The van der Waals surface area contributed by atoms with Crippen LogP contribution in [0.3, 0.4) is 0 Å². The highest BCUT2D eigenvalue weighted by Crippen LogP contribution is 2.57. The van der Waals surface area contributed by atoms with Crippen LogP contribution >= 0.6 is 11.6 Å². The van der Waals surface area contributed by atoms with Gasteiger partial charge in [0, 0.05) is 75.2 Å². The van der Waals surface area contributed by atoms with Crippen molar-refractivity contribution in [1.82, 2.24) is 24.8 Å². The van der Waals surface area contributed by atoms with Gasteiger partial charge < -0.3 is 24.8 Å². The number of nitrogens with one attached hydrogen (secondary N) is 1. The number of benzene rings is 1. The van der Waals surface area contributed by atoms with Crippen molar-refractivity contribution >= 4 is 35.1 Å². The van der Waals surface area contributed by atoms with E-state index in [2.05, 4.69) is 36.7 Å². The first-order valence-corrected chi connectivity index (χ1v) is 15.4. The van der Waals surface area contributed by atoms with Gasteiger partial charge in [0.15, 0.2) is 0 Å². The molecular weight excluding hydrogens is 550 g/mol. The molecular formula is C29H39ClF2N8O. The van der Waals surface area contributed by atoms with E-state index in [-0.39, 0.29) is 5.75 Å². The van der Waals surface area contributed by atoms with Gasteiger partial charge in [-0.15, -0.1) is 8.78 Å². The maximum absolute atomic E-state index is 13.0. The molecule has 1 aromatic heterocycles. The van der Waals surface area contributed by atoms with Crippen molar-refractivity contribution < 1.29 is 13.5 Å². The summed E-state index contributed by atoms with van der Waals surface area (Å²) in [6.07, 6.45) is 8.55. The maximum Gasteiger partial charge on any atom is 0.487 e. The van der Waals surface area contributed by atoms with Gasteiger partial charge in [-0.25, -0.2) is 0 Å². The van der Waals surface area contributed by atoms with Crippen LogP contribution in [0.1, 0.15) is 38.5 Å². The molecule has 0 atom stereocenters. The van der Waals surface area contributed by atoms with E-state index in [0.29, 0.717) is 29.1 Å². The molecule has 9 nitrogen and oxygen atoms in total. The van der Waals surface area contributed by atoms with Crippen LogP contribution < -0.4 is 19.9 Å². The summed E-state index contributed by atoms with van der Waals surface area (Å²) in [4.78, 5) is 24.2. The van der Waals surface area contributed by atoms with Crippen molar-refractivity contribution in [2.75, 3.05) is 74.5 Å². The molecule has 2 aliphatic heterocycles. The molecule has 1 aromatic carbocycles. The highest BCUT2D eigenvalue weighted by Gasteiger charge is 2.53. The fraction of sp³-hybridized carbons (Fsp3) is 0.690. The van der Waals surface area contributed by atoms with E-state index in [0.717, 1.165) is 70.1 Å². The summed E-state index contributed by atoms with van der Waals surface area (Å²) in [6.45, 7) is 7.45. The average molecular weight is 589 g/mol. The van der Waals surface area contributed by atoms with Gasteiger partial charge in [-0.3, -0.25) is 4.90 Å². The highest BCUT2D eigenvalue weighted by atomic mass is 35.5. The Bertz CT molecular complexity index is 1190. The van der Waals surface area contributed by atoms with E-state index in [1.807, 2.05) is 0 Å². The summed E-state index contributed by atoms with van der Waals surface area (Å²) in [6, 6.07) is 6.15. The van der Waals surface area contributed by atoms with Crippen molar-refractivity contribution in [3.63, 3.8) is 0 Å². The third kappa shape index (κ3) is 5.90. The Balaban J connectivity index is 1.08. The van der Waals surface area contributed by atoms with Crippen LogP contribution in [0.25, 0.3) is 0 Å². The van der Waals surface area contributed by atoms with Gasteiger partial charge in [-0.05, 0) is 87.6 Å². The lowest BCUT2D eigenvalue weighted by Gasteiger charge is -2.61. The molecule has 3 heterocycles. The first-order valence-electron chi connectivity index (χ1n) is 15.0. The molecule has 2 aromatic rings. The van der Waals surface area contributed by atoms with E-state index in [1.54, 1.807) is 12.1 Å². The van der Waals surface area contributed by atoms with Crippen molar-refractivity contribution in [1.29, 1.82) is 0 Å². The van der Waals surface area contributed by atoms with Crippen molar-refractivity contribution in [2.45, 2.75) is 49.6 Å². The smallest absolute Gasteiger partial charge is 0.420 e. The van der Waals surface area contributed by atoms with E-state index < -0.39 is 5.57 Å². The Morgan fingerprint density at radius 3 is 1.83 bits per heavy atom. The molecule has 4 bridgehead atoms. The van der Waals surface area contributed by atoms with Crippen LogP contribution in [0.5, 0.6) is 5.75 Å². The number of alkyl halides is 3. The zero-order valence-electron chi connectivity index (χ0n) is 23.6. The fourth-order valence-electron chi connectivity index (χ4n) is 8.40. The van der Waals surface area contributed by atoms with Gasteiger partial charge in [0.25, 0.3) is 0 Å². The predicted octanol–water partition coefficient (Wildman–Crippen LogP) is 4.63. The molecule has 2 saturated heterocycles. The number of ether oxygens (including phenoxy) is 1. The van der Waals surface area contributed by atoms with Gasteiger partial charge >= 0.3 is 5.57 Å². The Labute approximate surface area is 245 Å². The van der Waals surface area contributed by atoms with Gasteiger partial charge in [-0.2, -0.15) is 15.0 Å². The lowest BCUT2D eigenvalue weighted by atomic mass is 9.52. The number of anilines is 4. The molecule has 0 amide bonds. The molecule has 12 heteroatoms. The van der Waals surface area contributed by atoms with Crippen LogP contribution in [0.2, 0.25) is 0 Å². The van der Waals surface area contributed by atoms with Crippen molar-refractivity contribution in [3.05, 3.63) is 24.3 Å². The van der Waals surface area contributed by atoms with Crippen LogP contribution in [0.15, 0.2) is 24.3 Å². The van der Waals surface area contributed by atoms with Gasteiger partial charge in [0.05, 0.1) is 0 Å². The average Bonchev–Trinajstić information content (AvgIpc) is 2.93. The van der Waals surface area contributed by atoms with E-state index in [9.17, 15) is 8.78 Å². The summed E-state index contributed by atoms with van der Waals surface area (Å²) >= 11 is 4.90. The number of nitrogens with zero attached hydrogens (tertiary/aromatic N) is 7. The van der Waals surface area contributed by atoms with Crippen LogP contribution in [-0.2, 0) is 0 Å². The molecule has 4 saturated carbocycles. The Morgan fingerprint density at radius 1 is 0.805 bits per heavy atom. The second-order valence-electron chi connectivity index (χ2n) is 12.9. The zero-order chi connectivity index (χ0) is 28.2. The van der Waals surface area contributed by atoms with Crippen LogP contribution in [0.4, 0.5) is 32.3 Å². The molecule has 41 heavy (non-hydrogen) atoms. The minimum Gasteiger partial charge on any atom is -0.420 e. The lowest BCUT2D eigenvalue weighted by Crippen LogP contribution is -2.64. The van der Waals surface area contributed by atoms with Crippen molar-refractivity contribution in [2.24, 2.45) is 17.8 Å². The number of hydrogen-bond acceptors (Lipinski definition) is 9. The van der Waals surface area contributed by atoms with E-state index >= 15 is 0 Å². The SMILES string of the molecule is CN1CCN(c2nc(Nc3ccc(OC(F)(F)Cl)cc3)nc(N3CCN(C45CC6CC(CC(C6)C4)C5)CC3)n2)CC1. The number of piperazine rings is 2. The highest BCUT2D eigenvalue weighted by molar-refractivity contribution is 6.20. The number of halogens is 3. The Morgan fingerprint density at radius 2 is 1.32 bits per heavy atom. The molecule has 0 unspecified atom stereocenters. The second-order valence-corrected chi connectivity index (χ2v) is 13.3.